The van der Waals surface area contributed by atoms with Crippen molar-refractivity contribution in [3.63, 3.8) is 0 Å². The summed E-state index contributed by atoms with van der Waals surface area (Å²) in [6.45, 7) is 4.98. The van der Waals surface area contributed by atoms with E-state index < -0.39 is 12.1 Å². The quantitative estimate of drug-likeness (QED) is 0.0417. The minimum atomic E-state index is -0.659. The lowest BCUT2D eigenvalue weighted by atomic mass is 10.0. The molecule has 70 heavy (non-hydrogen) atoms. The van der Waals surface area contributed by atoms with Gasteiger partial charge in [0.05, 0.1) is 25.4 Å². The third kappa shape index (κ3) is 56.2. The van der Waals surface area contributed by atoms with Crippen LogP contribution in [0.25, 0.3) is 0 Å². The third-order valence-corrected chi connectivity index (χ3v) is 15.4. The Morgan fingerprint density at radius 2 is 0.586 bits per heavy atom. The molecule has 6 heteroatoms. The number of unbranched alkanes of at least 4 members (excludes halogenated alkanes) is 50. The highest BCUT2D eigenvalue weighted by Crippen LogP contribution is 2.19. The Morgan fingerprint density at radius 3 is 0.871 bits per heavy atom. The number of nitrogens with one attached hydrogen (secondary N) is 1. The Kier molecular flexibility index (Phi) is 59.4. The maximum absolute atomic E-state index is 12.5. The van der Waals surface area contributed by atoms with Gasteiger partial charge in [0.2, 0.25) is 5.91 Å². The van der Waals surface area contributed by atoms with E-state index in [2.05, 4.69) is 19.2 Å². The van der Waals surface area contributed by atoms with Gasteiger partial charge in [0, 0.05) is 12.8 Å². The molecule has 0 radical (unpaired) electrons. The number of aliphatic hydroxyl groups excluding tert-OH is 2. The van der Waals surface area contributed by atoms with E-state index in [1.165, 1.54) is 302 Å². The monoisotopic (exact) mass is 990 g/mol. The standard InChI is InChI=1S/C64H127NO5/c1-3-5-7-9-11-13-15-36-40-44-48-52-56-62(67)61(60-66)65-63(68)57-53-49-45-41-37-34-32-30-28-26-24-22-20-18-17-19-21-23-25-27-29-31-33-35-39-43-47-51-55-59-70-64(69)58-54-50-46-42-38-16-14-12-10-8-6-4-2/h61-62,66-67H,3-60H2,1-2H3,(H,65,68). The lowest BCUT2D eigenvalue weighted by molar-refractivity contribution is -0.143. The van der Waals surface area contributed by atoms with Gasteiger partial charge in [0.1, 0.15) is 0 Å². The molecule has 0 aromatic carbocycles. The van der Waals surface area contributed by atoms with Crippen LogP contribution in [0.3, 0.4) is 0 Å². The normalized spacial score (nSPS) is 12.5. The van der Waals surface area contributed by atoms with E-state index in [0.717, 1.165) is 38.5 Å². The summed E-state index contributed by atoms with van der Waals surface area (Å²) in [6.07, 6.45) is 71.4. The number of ether oxygens (including phenoxy) is 1. The van der Waals surface area contributed by atoms with Crippen LogP contribution in [0.5, 0.6) is 0 Å². The van der Waals surface area contributed by atoms with Crippen LogP contribution in [0.4, 0.5) is 0 Å². The smallest absolute Gasteiger partial charge is 0.305 e. The van der Waals surface area contributed by atoms with E-state index in [0.29, 0.717) is 25.9 Å². The largest absolute Gasteiger partial charge is 0.466 e. The molecule has 0 fully saturated rings. The van der Waals surface area contributed by atoms with Crippen LogP contribution in [-0.4, -0.2) is 47.4 Å². The summed E-state index contributed by atoms with van der Waals surface area (Å²) in [5, 5.41) is 23.2. The number of aliphatic hydroxyl groups is 2. The van der Waals surface area contributed by atoms with Crippen LogP contribution >= 0.6 is 0 Å². The number of carbonyl (C=O) groups is 2. The van der Waals surface area contributed by atoms with Crippen molar-refractivity contribution < 1.29 is 24.5 Å². The number of carbonyl (C=O) groups excluding carboxylic acids is 2. The fourth-order valence-corrected chi connectivity index (χ4v) is 10.5. The highest BCUT2D eigenvalue weighted by atomic mass is 16.5. The highest BCUT2D eigenvalue weighted by molar-refractivity contribution is 5.76. The number of rotatable bonds is 61. The second-order valence-corrected chi connectivity index (χ2v) is 22.5. The second-order valence-electron chi connectivity index (χ2n) is 22.5. The van der Waals surface area contributed by atoms with Crippen molar-refractivity contribution in [2.24, 2.45) is 0 Å². The van der Waals surface area contributed by atoms with Gasteiger partial charge in [-0.05, 0) is 25.7 Å². The average molecular weight is 991 g/mol. The molecule has 1 amide bonds. The van der Waals surface area contributed by atoms with Crippen LogP contribution in [-0.2, 0) is 14.3 Å². The molecule has 0 aliphatic heterocycles. The molecular formula is C64H127NO5. The Bertz CT molecular complexity index is 1010. The van der Waals surface area contributed by atoms with Crippen molar-refractivity contribution in [1.29, 1.82) is 0 Å². The van der Waals surface area contributed by atoms with Gasteiger partial charge >= 0.3 is 5.97 Å². The molecule has 0 heterocycles. The van der Waals surface area contributed by atoms with Crippen molar-refractivity contribution >= 4 is 11.9 Å². The predicted molar refractivity (Wildman–Crippen MR) is 306 cm³/mol. The SMILES string of the molecule is CCCCCCCCCCCCCCC(=O)OCCCCCCCCCCCCCCCCCCCCCCCCCCCCCCCC(=O)NC(CO)C(O)CCCCCCCCCCCCCC. The maximum Gasteiger partial charge on any atom is 0.305 e. The summed E-state index contributed by atoms with van der Waals surface area (Å²) in [7, 11) is 0. The molecule has 6 nitrogen and oxygen atoms in total. The van der Waals surface area contributed by atoms with E-state index in [1.54, 1.807) is 0 Å². The zero-order chi connectivity index (χ0) is 50.7. The fraction of sp³-hybridized carbons (Fsp3) is 0.969. The van der Waals surface area contributed by atoms with Gasteiger partial charge in [0.15, 0.2) is 0 Å². The molecular weight excluding hydrogens is 863 g/mol. The zero-order valence-electron chi connectivity index (χ0n) is 47.8. The van der Waals surface area contributed by atoms with Gasteiger partial charge < -0.3 is 20.3 Å². The number of hydrogen-bond donors (Lipinski definition) is 3. The molecule has 2 atom stereocenters. The predicted octanol–water partition coefficient (Wildman–Crippen LogP) is 20.3. The van der Waals surface area contributed by atoms with E-state index in [1.807, 2.05) is 0 Å². The van der Waals surface area contributed by atoms with Crippen molar-refractivity contribution in [2.75, 3.05) is 13.2 Å². The summed E-state index contributed by atoms with van der Waals surface area (Å²) in [6, 6.07) is -0.536. The van der Waals surface area contributed by atoms with Gasteiger partial charge in [-0.25, -0.2) is 0 Å². The van der Waals surface area contributed by atoms with Crippen LogP contribution < -0.4 is 5.32 Å². The molecule has 418 valence electrons. The topological polar surface area (TPSA) is 95.9 Å². The molecule has 0 spiro atoms. The first-order chi connectivity index (χ1) is 34.5. The third-order valence-electron chi connectivity index (χ3n) is 15.4. The molecule has 0 bridgehead atoms. The Morgan fingerprint density at radius 1 is 0.343 bits per heavy atom. The van der Waals surface area contributed by atoms with Crippen LogP contribution in [0.15, 0.2) is 0 Å². The lowest BCUT2D eigenvalue weighted by Crippen LogP contribution is -2.45. The Hall–Kier alpha value is -1.14. The fourth-order valence-electron chi connectivity index (χ4n) is 10.5. The molecule has 0 saturated carbocycles. The van der Waals surface area contributed by atoms with Crippen LogP contribution in [0.1, 0.15) is 373 Å². The van der Waals surface area contributed by atoms with E-state index in [9.17, 15) is 19.8 Å². The number of esters is 1. The summed E-state index contributed by atoms with van der Waals surface area (Å²) in [4.78, 5) is 24.5. The van der Waals surface area contributed by atoms with Crippen molar-refractivity contribution in [3.05, 3.63) is 0 Å². The molecule has 0 aliphatic carbocycles. The lowest BCUT2D eigenvalue weighted by Gasteiger charge is -2.22. The Labute approximate surface area is 438 Å². The molecule has 2 unspecified atom stereocenters. The summed E-state index contributed by atoms with van der Waals surface area (Å²) < 4.78 is 5.48. The minimum Gasteiger partial charge on any atom is -0.466 e. The van der Waals surface area contributed by atoms with Gasteiger partial charge in [-0.1, -0.05) is 335 Å². The van der Waals surface area contributed by atoms with Crippen LogP contribution in [0, 0.1) is 0 Å². The van der Waals surface area contributed by atoms with E-state index in [4.69, 9.17) is 4.74 Å². The average Bonchev–Trinajstić information content (AvgIpc) is 3.36. The van der Waals surface area contributed by atoms with Crippen molar-refractivity contribution in [2.45, 2.75) is 386 Å². The van der Waals surface area contributed by atoms with E-state index in [-0.39, 0.29) is 18.5 Å². The number of amides is 1. The maximum atomic E-state index is 12.5. The highest BCUT2D eigenvalue weighted by Gasteiger charge is 2.20. The molecule has 0 rings (SSSR count). The van der Waals surface area contributed by atoms with Gasteiger partial charge in [-0.3, -0.25) is 9.59 Å². The first-order valence-electron chi connectivity index (χ1n) is 32.3. The molecule has 3 N–H and O–H groups in total. The molecule has 0 saturated heterocycles. The van der Waals surface area contributed by atoms with E-state index >= 15 is 0 Å². The van der Waals surface area contributed by atoms with Crippen molar-refractivity contribution in [1.82, 2.24) is 5.32 Å². The summed E-state index contributed by atoms with van der Waals surface area (Å²) in [5.74, 6) is -0.00857. The van der Waals surface area contributed by atoms with Gasteiger partial charge in [-0.15, -0.1) is 0 Å². The zero-order valence-corrected chi connectivity index (χ0v) is 47.8. The van der Waals surface area contributed by atoms with Crippen molar-refractivity contribution in [3.8, 4) is 0 Å². The van der Waals surface area contributed by atoms with Gasteiger partial charge in [0.25, 0.3) is 0 Å². The molecule has 0 aromatic rings. The van der Waals surface area contributed by atoms with Crippen LogP contribution in [0.2, 0.25) is 0 Å². The summed E-state index contributed by atoms with van der Waals surface area (Å²) in [5.41, 5.74) is 0. The minimum absolute atomic E-state index is 0.0210. The first-order valence-corrected chi connectivity index (χ1v) is 32.3. The second kappa shape index (κ2) is 60.4. The molecule has 0 aromatic heterocycles. The first kappa shape index (κ1) is 68.9. The number of hydrogen-bond acceptors (Lipinski definition) is 5. The van der Waals surface area contributed by atoms with Gasteiger partial charge in [-0.2, -0.15) is 0 Å². The Balaban J connectivity index is 3.30. The summed E-state index contributed by atoms with van der Waals surface area (Å²) >= 11 is 0. The molecule has 0 aliphatic rings.